The molecule has 0 unspecified atom stereocenters. The van der Waals surface area contributed by atoms with E-state index in [0.717, 1.165) is 21.9 Å². The van der Waals surface area contributed by atoms with Crippen LogP contribution in [0.25, 0.3) is 16.2 Å². The quantitative estimate of drug-likeness (QED) is 0.494. The molecule has 0 aliphatic heterocycles. The van der Waals surface area contributed by atoms with Gasteiger partial charge in [-0.05, 0) is 44.0 Å². The number of halogens is 1. The van der Waals surface area contributed by atoms with Crippen LogP contribution in [0.5, 0.6) is 0 Å². The van der Waals surface area contributed by atoms with Crippen LogP contribution in [0.3, 0.4) is 0 Å². The van der Waals surface area contributed by atoms with Crippen LogP contribution in [-0.4, -0.2) is 15.3 Å². The maximum Gasteiger partial charge on any atom is 0.224 e. The second-order valence-electron chi connectivity index (χ2n) is 6.85. The molecule has 142 valence electrons. The zero-order valence-electron chi connectivity index (χ0n) is 15.7. The van der Waals surface area contributed by atoms with Gasteiger partial charge in [0, 0.05) is 34.9 Å². The summed E-state index contributed by atoms with van der Waals surface area (Å²) < 4.78 is 16.0. The van der Waals surface area contributed by atoms with Crippen molar-refractivity contribution in [3.63, 3.8) is 0 Å². The first-order valence-electron chi connectivity index (χ1n) is 9.09. The maximum absolute atomic E-state index is 14.0. The van der Waals surface area contributed by atoms with E-state index in [1.807, 2.05) is 48.0 Å². The van der Waals surface area contributed by atoms with Crippen molar-refractivity contribution in [2.75, 3.05) is 5.32 Å². The molecule has 0 fully saturated rings. The average molecular weight is 393 g/mol. The van der Waals surface area contributed by atoms with Crippen LogP contribution in [0, 0.1) is 19.7 Å². The van der Waals surface area contributed by atoms with Crippen molar-refractivity contribution in [3.05, 3.63) is 76.7 Å². The lowest BCUT2D eigenvalue weighted by molar-refractivity contribution is -0.116. The number of nitrogens with one attached hydrogen (secondary N) is 1. The lowest BCUT2D eigenvalue weighted by Crippen LogP contribution is -2.13. The fourth-order valence-electron chi connectivity index (χ4n) is 3.22. The molecule has 1 N–H and O–H groups in total. The number of aromatic nitrogens is 2. The molecule has 4 rings (SSSR count). The van der Waals surface area contributed by atoms with Crippen LogP contribution in [0.1, 0.15) is 23.2 Å². The van der Waals surface area contributed by atoms with Gasteiger partial charge in [0.05, 0.1) is 5.69 Å². The summed E-state index contributed by atoms with van der Waals surface area (Å²) in [5, 5.41) is 4.97. The van der Waals surface area contributed by atoms with E-state index in [1.54, 1.807) is 18.2 Å². The Morgan fingerprint density at radius 2 is 2.04 bits per heavy atom. The van der Waals surface area contributed by atoms with Crippen molar-refractivity contribution in [2.24, 2.45) is 0 Å². The molecule has 0 saturated carbocycles. The maximum atomic E-state index is 14.0. The summed E-state index contributed by atoms with van der Waals surface area (Å²) in [7, 11) is 0. The molecule has 0 aliphatic rings. The molecular formula is C22H20FN3OS. The van der Waals surface area contributed by atoms with Crippen LogP contribution in [0.2, 0.25) is 0 Å². The van der Waals surface area contributed by atoms with Crippen molar-refractivity contribution in [1.29, 1.82) is 0 Å². The van der Waals surface area contributed by atoms with Crippen molar-refractivity contribution < 1.29 is 9.18 Å². The van der Waals surface area contributed by atoms with Gasteiger partial charge in [-0.15, -0.1) is 11.3 Å². The van der Waals surface area contributed by atoms with Gasteiger partial charge in [0.25, 0.3) is 0 Å². The molecule has 28 heavy (non-hydrogen) atoms. The summed E-state index contributed by atoms with van der Waals surface area (Å²) in [4.78, 5) is 17.7. The molecule has 0 radical (unpaired) electrons. The number of benzene rings is 2. The molecule has 6 heteroatoms. The predicted molar refractivity (Wildman–Crippen MR) is 111 cm³/mol. The number of rotatable bonds is 5. The van der Waals surface area contributed by atoms with E-state index < -0.39 is 0 Å². The van der Waals surface area contributed by atoms with E-state index >= 15 is 0 Å². The van der Waals surface area contributed by atoms with Gasteiger partial charge in [-0.1, -0.05) is 29.8 Å². The minimum absolute atomic E-state index is 0.0271. The van der Waals surface area contributed by atoms with Gasteiger partial charge in [-0.3, -0.25) is 9.20 Å². The van der Waals surface area contributed by atoms with E-state index in [9.17, 15) is 9.18 Å². The van der Waals surface area contributed by atoms with Crippen molar-refractivity contribution >= 4 is 27.9 Å². The van der Waals surface area contributed by atoms with Gasteiger partial charge in [0.2, 0.25) is 5.91 Å². The number of carbonyl (C=O) groups is 1. The smallest absolute Gasteiger partial charge is 0.224 e. The molecule has 0 saturated heterocycles. The van der Waals surface area contributed by atoms with Crippen LogP contribution in [0.4, 0.5) is 10.1 Å². The number of hydrogen-bond acceptors (Lipinski definition) is 3. The van der Waals surface area contributed by atoms with Crippen molar-refractivity contribution in [3.8, 4) is 11.3 Å². The van der Waals surface area contributed by atoms with Crippen LogP contribution in [-0.2, 0) is 11.2 Å². The molecule has 0 aliphatic carbocycles. The Bertz CT molecular complexity index is 1160. The zero-order chi connectivity index (χ0) is 19.7. The Morgan fingerprint density at radius 1 is 1.21 bits per heavy atom. The summed E-state index contributed by atoms with van der Waals surface area (Å²) >= 11 is 1.49. The van der Waals surface area contributed by atoms with E-state index in [4.69, 9.17) is 0 Å². The van der Waals surface area contributed by atoms with Gasteiger partial charge < -0.3 is 5.32 Å². The highest BCUT2D eigenvalue weighted by molar-refractivity contribution is 7.15. The third kappa shape index (κ3) is 3.68. The SMILES string of the molecule is Cc1ccc(NC(=O)CCc2csc3nc(-c4ccccc4F)cn23)c(C)c1. The topological polar surface area (TPSA) is 46.4 Å². The molecule has 1 amide bonds. The average Bonchev–Trinajstić information content (AvgIpc) is 3.24. The minimum Gasteiger partial charge on any atom is -0.326 e. The second kappa shape index (κ2) is 7.56. The molecular weight excluding hydrogens is 373 g/mol. The van der Waals surface area contributed by atoms with Gasteiger partial charge in [0.15, 0.2) is 4.96 Å². The number of thiazole rings is 1. The molecule has 0 bridgehead atoms. The Labute approximate surface area is 166 Å². The van der Waals surface area contributed by atoms with E-state index in [1.165, 1.54) is 23.0 Å². The molecule has 2 aromatic heterocycles. The lowest BCUT2D eigenvalue weighted by atomic mass is 10.1. The van der Waals surface area contributed by atoms with Crippen LogP contribution >= 0.6 is 11.3 Å². The zero-order valence-corrected chi connectivity index (χ0v) is 16.5. The number of nitrogens with zero attached hydrogens (tertiary/aromatic N) is 2. The molecule has 4 nitrogen and oxygen atoms in total. The summed E-state index contributed by atoms with van der Waals surface area (Å²) in [6.45, 7) is 4.02. The third-order valence-corrected chi connectivity index (χ3v) is 5.59. The predicted octanol–water partition coefficient (Wildman–Crippen LogP) is 5.39. The number of fused-ring (bicyclic) bond motifs is 1. The fraction of sp³-hybridized carbons (Fsp3) is 0.182. The van der Waals surface area contributed by atoms with Crippen molar-refractivity contribution in [2.45, 2.75) is 26.7 Å². The van der Waals surface area contributed by atoms with Gasteiger partial charge in [-0.25, -0.2) is 9.37 Å². The van der Waals surface area contributed by atoms with Gasteiger partial charge in [0.1, 0.15) is 5.82 Å². The monoisotopic (exact) mass is 393 g/mol. The molecule has 0 atom stereocenters. The lowest BCUT2D eigenvalue weighted by Gasteiger charge is -2.09. The minimum atomic E-state index is -0.289. The fourth-order valence-corrected chi connectivity index (χ4v) is 4.12. The van der Waals surface area contributed by atoms with E-state index in [-0.39, 0.29) is 11.7 Å². The summed E-state index contributed by atoms with van der Waals surface area (Å²) in [6.07, 6.45) is 2.79. The summed E-state index contributed by atoms with van der Waals surface area (Å²) in [5.74, 6) is -0.316. The Morgan fingerprint density at radius 3 is 2.82 bits per heavy atom. The molecule has 2 heterocycles. The first kappa shape index (κ1) is 18.4. The summed E-state index contributed by atoms with van der Waals surface area (Å²) in [5.41, 5.74) is 5.14. The van der Waals surface area contributed by atoms with Gasteiger partial charge >= 0.3 is 0 Å². The van der Waals surface area contributed by atoms with Gasteiger partial charge in [-0.2, -0.15) is 0 Å². The second-order valence-corrected chi connectivity index (χ2v) is 7.69. The highest BCUT2D eigenvalue weighted by atomic mass is 32.1. The molecule has 0 spiro atoms. The number of hydrogen-bond donors (Lipinski definition) is 1. The molecule has 4 aromatic rings. The highest BCUT2D eigenvalue weighted by Crippen LogP contribution is 2.26. The standard InChI is InChI=1S/C22H20FN3OS/c1-14-7-9-19(15(2)11-14)24-21(27)10-8-16-13-28-22-25-20(12-26(16)22)17-5-3-4-6-18(17)23/h3-7,9,11-13H,8,10H2,1-2H3,(H,24,27). The summed E-state index contributed by atoms with van der Waals surface area (Å²) in [6, 6.07) is 12.6. The Kier molecular flexibility index (Phi) is 4.96. The number of aryl methyl sites for hydroxylation is 3. The first-order valence-corrected chi connectivity index (χ1v) is 9.97. The van der Waals surface area contributed by atoms with E-state index in [0.29, 0.717) is 24.1 Å². The number of imidazole rings is 1. The Balaban J connectivity index is 1.48. The van der Waals surface area contributed by atoms with E-state index in [2.05, 4.69) is 10.3 Å². The largest absolute Gasteiger partial charge is 0.326 e. The normalized spacial score (nSPS) is 11.1. The van der Waals surface area contributed by atoms with Crippen molar-refractivity contribution in [1.82, 2.24) is 9.38 Å². The van der Waals surface area contributed by atoms with Crippen LogP contribution < -0.4 is 5.32 Å². The number of amides is 1. The third-order valence-electron chi connectivity index (χ3n) is 4.70. The highest BCUT2D eigenvalue weighted by Gasteiger charge is 2.13. The number of carbonyl (C=O) groups excluding carboxylic acids is 1. The molecule has 2 aromatic carbocycles. The first-order chi connectivity index (χ1) is 13.5. The Hall–Kier alpha value is -2.99. The van der Waals surface area contributed by atoms with Crippen LogP contribution in [0.15, 0.2) is 54.0 Å². The number of anilines is 1.